The predicted molar refractivity (Wildman–Crippen MR) is 92.1 cm³/mol. The van der Waals surface area contributed by atoms with Gasteiger partial charge in [0.2, 0.25) is 5.91 Å². The summed E-state index contributed by atoms with van der Waals surface area (Å²) in [4.78, 5) is 28.5. The second-order valence-corrected chi connectivity index (χ2v) is 7.87. The van der Waals surface area contributed by atoms with Crippen LogP contribution in [0.1, 0.15) is 9.67 Å². The lowest BCUT2D eigenvalue weighted by atomic mass is 10.3. The van der Waals surface area contributed by atoms with Crippen molar-refractivity contribution in [3.63, 3.8) is 0 Å². The van der Waals surface area contributed by atoms with Crippen molar-refractivity contribution in [2.75, 3.05) is 5.75 Å². The zero-order chi connectivity index (χ0) is 15.5. The fraction of sp³-hybridized carbons (Fsp3) is 0.0714. The molecule has 0 fully saturated rings. The molecule has 0 bridgehead atoms. The Balaban J connectivity index is 1.59. The van der Waals surface area contributed by atoms with Crippen LogP contribution in [0.2, 0.25) is 5.02 Å². The highest BCUT2D eigenvalue weighted by atomic mass is 35.5. The first kappa shape index (κ1) is 15.5. The van der Waals surface area contributed by atoms with Gasteiger partial charge in [0.15, 0.2) is 4.34 Å². The Kier molecular flexibility index (Phi) is 4.77. The van der Waals surface area contributed by atoms with Gasteiger partial charge in [-0.25, -0.2) is 4.98 Å². The maximum absolute atomic E-state index is 11.8. The smallest absolute Gasteiger partial charge is 0.267 e. The minimum absolute atomic E-state index is 0.144. The van der Waals surface area contributed by atoms with Crippen LogP contribution in [0, 0.1) is 0 Å². The number of thiazole rings is 1. The van der Waals surface area contributed by atoms with E-state index in [1.165, 1.54) is 34.4 Å². The summed E-state index contributed by atoms with van der Waals surface area (Å²) in [6, 6.07) is 8.95. The average Bonchev–Trinajstić information content (AvgIpc) is 3.13. The van der Waals surface area contributed by atoms with Crippen LogP contribution in [0.25, 0.3) is 10.2 Å². The van der Waals surface area contributed by atoms with Crippen LogP contribution in [-0.2, 0) is 4.79 Å². The number of fused-ring (bicyclic) bond motifs is 1. The Morgan fingerprint density at radius 2 is 2.18 bits per heavy atom. The maximum atomic E-state index is 11.8. The fourth-order valence-electron chi connectivity index (χ4n) is 1.70. The van der Waals surface area contributed by atoms with Crippen LogP contribution in [0.3, 0.4) is 0 Å². The van der Waals surface area contributed by atoms with E-state index in [4.69, 9.17) is 11.6 Å². The number of halogens is 1. The molecular weight excluding hydrogens is 360 g/mol. The van der Waals surface area contributed by atoms with E-state index in [0.717, 1.165) is 14.6 Å². The lowest BCUT2D eigenvalue weighted by Crippen LogP contribution is -2.31. The Labute approximate surface area is 143 Å². The molecule has 1 aromatic carbocycles. The minimum atomic E-state index is -0.364. The topological polar surface area (TPSA) is 59.1 Å². The first-order chi connectivity index (χ1) is 10.6. The third-order valence-corrected chi connectivity index (χ3v) is 5.94. The summed E-state index contributed by atoms with van der Waals surface area (Å²) in [7, 11) is 0. The molecule has 22 heavy (non-hydrogen) atoms. The van der Waals surface area contributed by atoms with Crippen LogP contribution in [0.15, 0.2) is 40.1 Å². The van der Waals surface area contributed by atoms with Gasteiger partial charge in [0.05, 0.1) is 20.8 Å². The molecule has 0 aliphatic carbocycles. The van der Waals surface area contributed by atoms with E-state index in [1.807, 2.05) is 12.1 Å². The van der Waals surface area contributed by atoms with Gasteiger partial charge in [-0.05, 0) is 29.6 Å². The second kappa shape index (κ2) is 6.78. The summed E-state index contributed by atoms with van der Waals surface area (Å²) in [6.07, 6.45) is 0. The van der Waals surface area contributed by atoms with E-state index < -0.39 is 0 Å². The van der Waals surface area contributed by atoms with Gasteiger partial charge in [-0.1, -0.05) is 29.4 Å². The quantitative estimate of drug-likeness (QED) is 0.705. The summed E-state index contributed by atoms with van der Waals surface area (Å²) in [6.45, 7) is 0. The molecule has 2 amide bonds. The number of benzene rings is 1. The van der Waals surface area contributed by atoms with Crippen molar-refractivity contribution in [3.8, 4) is 0 Å². The summed E-state index contributed by atoms with van der Waals surface area (Å²) >= 11 is 10.0. The highest BCUT2D eigenvalue weighted by molar-refractivity contribution is 8.01. The summed E-state index contributed by atoms with van der Waals surface area (Å²) in [5.41, 5.74) is 0.815. The number of nitrogens with one attached hydrogen (secondary N) is 1. The molecule has 0 saturated carbocycles. The lowest BCUT2D eigenvalue weighted by Gasteiger charge is -2.00. The first-order valence-corrected chi connectivity index (χ1v) is 9.24. The van der Waals surface area contributed by atoms with Gasteiger partial charge in [0.1, 0.15) is 0 Å². The molecule has 0 aliphatic rings. The van der Waals surface area contributed by atoms with Crippen molar-refractivity contribution in [2.45, 2.75) is 4.34 Å². The Bertz CT molecular complexity index is 830. The summed E-state index contributed by atoms with van der Waals surface area (Å²) < 4.78 is 1.79. The SMILES string of the molecule is O=C(CSc1nc2cc(Cl)ccc2s1)NC(=O)c1cccs1. The van der Waals surface area contributed by atoms with Gasteiger partial charge >= 0.3 is 0 Å². The second-order valence-electron chi connectivity index (χ2n) is 4.24. The van der Waals surface area contributed by atoms with Crippen molar-refractivity contribution in [2.24, 2.45) is 0 Å². The normalized spacial score (nSPS) is 10.8. The van der Waals surface area contributed by atoms with E-state index in [0.29, 0.717) is 9.90 Å². The summed E-state index contributed by atoms with van der Waals surface area (Å²) in [5, 5.41) is 4.79. The van der Waals surface area contributed by atoms with E-state index in [9.17, 15) is 9.59 Å². The highest BCUT2D eigenvalue weighted by Gasteiger charge is 2.13. The van der Waals surface area contributed by atoms with E-state index >= 15 is 0 Å². The lowest BCUT2D eigenvalue weighted by molar-refractivity contribution is -0.117. The summed E-state index contributed by atoms with van der Waals surface area (Å²) in [5.74, 6) is -0.553. The average molecular weight is 369 g/mol. The van der Waals surface area contributed by atoms with Crippen molar-refractivity contribution >= 4 is 68.1 Å². The molecule has 8 heteroatoms. The van der Waals surface area contributed by atoms with Crippen molar-refractivity contribution in [1.82, 2.24) is 10.3 Å². The van der Waals surface area contributed by atoms with Gasteiger partial charge in [-0.3, -0.25) is 14.9 Å². The number of imide groups is 1. The zero-order valence-corrected chi connectivity index (χ0v) is 14.2. The number of hydrogen-bond acceptors (Lipinski definition) is 6. The molecule has 0 atom stereocenters. The third-order valence-electron chi connectivity index (χ3n) is 2.65. The number of carbonyl (C=O) groups excluding carboxylic acids is 2. The minimum Gasteiger partial charge on any atom is -0.291 e. The van der Waals surface area contributed by atoms with Crippen LogP contribution >= 0.6 is 46.0 Å². The number of carbonyl (C=O) groups is 2. The number of hydrogen-bond donors (Lipinski definition) is 1. The fourth-order valence-corrected chi connectivity index (χ4v) is 4.33. The van der Waals surface area contributed by atoms with Crippen molar-refractivity contribution < 1.29 is 9.59 Å². The Morgan fingerprint density at radius 1 is 1.32 bits per heavy atom. The number of aromatic nitrogens is 1. The Morgan fingerprint density at radius 3 is 2.95 bits per heavy atom. The molecule has 1 N–H and O–H groups in total. The predicted octanol–water partition coefficient (Wildman–Crippen LogP) is 4.06. The van der Waals surface area contributed by atoms with E-state index in [1.54, 1.807) is 23.6 Å². The van der Waals surface area contributed by atoms with Gasteiger partial charge in [0.25, 0.3) is 5.91 Å². The highest BCUT2D eigenvalue weighted by Crippen LogP contribution is 2.30. The molecule has 0 spiro atoms. The van der Waals surface area contributed by atoms with Crippen LogP contribution in [0.4, 0.5) is 0 Å². The monoisotopic (exact) mass is 368 g/mol. The maximum Gasteiger partial charge on any atom is 0.267 e. The molecule has 0 saturated heterocycles. The number of thiophene rings is 1. The van der Waals surface area contributed by atoms with Crippen LogP contribution in [0.5, 0.6) is 0 Å². The van der Waals surface area contributed by atoms with Gasteiger partial charge in [-0.2, -0.15) is 0 Å². The first-order valence-electron chi connectivity index (χ1n) is 6.18. The molecule has 2 aromatic heterocycles. The van der Waals surface area contributed by atoms with Crippen LogP contribution < -0.4 is 5.32 Å². The molecule has 0 aliphatic heterocycles. The molecule has 0 radical (unpaired) electrons. The zero-order valence-electron chi connectivity index (χ0n) is 11.0. The van der Waals surface area contributed by atoms with Gasteiger partial charge < -0.3 is 0 Å². The van der Waals surface area contributed by atoms with Crippen molar-refractivity contribution in [3.05, 3.63) is 45.6 Å². The number of thioether (sulfide) groups is 1. The molecule has 3 rings (SSSR count). The number of amides is 2. The van der Waals surface area contributed by atoms with Crippen molar-refractivity contribution in [1.29, 1.82) is 0 Å². The number of nitrogens with zero attached hydrogens (tertiary/aromatic N) is 1. The van der Waals surface area contributed by atoms with Crippen LogP contribution in [-0.4, -0.2) is 22.6 Å². The molecule has 3 aromatic rings. The van der Waals surface area contributed by atoms with Gasteiger partial charge in [0, 0.05) is 5.02 Å². The van der Waals surface area contributed by atoms with E-state index in [-0.39, 0.29) is 17.6 Å². The molecule has 0 unspecified atom stereocenters. The number of rotatable bonds is 4. The molecule has 112 valence electrons. The molecule has 2 heterocycles. The molecular formula is C14H9ClN2O2S3. The van der Waals surface area contributed by atoms with E-state index in [2.05, 4.69) is 10.3 Å². The van der Waals surface area contributed by atoms with Gasteiger partial charge in [-0.15, -0.1) is 22.7 Å². The Hall–Kier alpha value is -1.41. The third kappa shape index (κ3) is 3.67. The standard InChI is InChI=1S/C14H9ClN2O2S3/c15-8-3-4-10-9(6-8)16-14(22-10)21-7-12(18)17-13(19)11-2-1-5-20-11/h1-6H,7H2,(H,17,18,19). The molecule has 4 nitrogen and oxygen atoms in total. The largest absolute Gasteiger partial charge is 0.291 e.